The molecule has 7 N–H and O–H groups in total. The summed E-state index contributed by atoms with van der Waals surface area (Å²) in [5.74, 6) is 0. The van der Waals surface area contributed by atoms with Gasteiger partial charge in [-0.3, -0.25) is 36.2 Å². The zero-order chi connectivity index (χ0) is 33.7. The molecule has 26 heteroatoms. The van der Waals surface area contributed by atoms with E-state index >= 15 is 0 Å². The lowest BCUT2D eigenvalue weighted by Crippen LogP contribution is -2.25. The molecule has 22 nitrogen and oxygen atoms in total. The number of ether oxygens (including phenoxy) is 3. The number of hydrogen-bond donors (Lipinski definition) is 7. The van der Waals surface area contributed by atoms with Gasteiger partial charge >= 0.3 is 31.3 Å². The molecule has 0 aromatic rings. The van der Waals surface area contributed by atoms with Gasteiger partial charge in [0.05, 0.1) is 38.1 Å². The average Bonchev–Trinajstić information content (AvgIpc) is 2.90. The van der Waals surface area contributed by atoms with Gasteiger partial charge in [0.1, 0.15) is 0 Å². The standard InChI is InChI=1S/C18H42O22P4/c1-30-7-3-17(39-43(26,27)36-14-20)11-33-9-5-18(40-44(28,29)37-15-21)12-32-8-4-16(38-42(24,25)35-13-19)6-10-34-41(22,23)31-2/h16-21H,3-15H2,1-2H3,(H,22,23)(H,24,25)(H,26,27)(H,28,29). The van der Waals surface area contributed by atoms with E-state index in [9.17, 15) is 37.8 Å². The van der Waals surface area contributed by atoms with Crippen molar-refractivity contribution in [3.8, 4) is 0 Å². The summed E-state index contributed by atoms with van der Waals surface area (Å²) in [5.41, 5.74) is 0. The number of phosphoric acid groups is 4. The molecule has 0 rings (SSSR count). The van der Waals surface area contributed by atoms with Gasteiger partial charge in [-0.2, -0.15) is 0 Å². The number of hydrogen-bond acceptors (Lipinski definition) is 18. The first-order chi connectivity index (χ1) is 20.5. The third-order valence-corrected chi connectivity index (χ3v) is 8.84. The number of phosphoric ester groups is 4. The molecule has 7 atom stereocenters. The molecule has 0 aliphatic rings. The zero-order valence-corrected chi connectivity index (χ0v) is 27.5. The van der Waals surface area contributed by atoms with Gasteiger partial charge < -0.3 is 49.1 Å². The van der Waals surface area contributed by atoms with Crippen LogP contribution in [0.15, 0.2) is 0 Å². The van der Waals surface area contributed by atoms with E-state index in [1.807, 2.05) is 0 Å². The quantitative estimate of drug-likeness (QED) is 0.0297. The van der Waals surface area contributed by atoms with Crippen molar-refractivity contribution >= 4 is 31.3 Å². The lowest BCUT2D eigenvalue weighted by molar-refractivity contribution is -0.0300. The number of rotatable bonds is 30. The fraction of sp³-hybridized carbons (Fsp3) is 1.00. The van der Waals surface area contributed by atoms with Gasteiger partial charge in [-0.05, 0) is 25.7 Å². The van der Waals surface area contributed by atoms with Crippen molar-refractivity contribution in [3.63, 3.8) is 0 Å². The second-order valence-electron chi connectivity index (χ2n) is 8.14. The minimum absolute atomic E-state index is 0.0920. The van der Waals surface area contributed by atoms with Crippen LogP contribution in [0, 0.1) is 0 Å². The molecule has 0 aliphatic heterocycles. The predicted molar refractivity (Wildman–Crippen MR) is 143 cm³/mol. The van der Waals surface area contributed by atoms with Crippen molar-refractivity contribution in [1.29, 1.82) is 0 Å². The van der Waals surface area contributed by atoms with E-state index in [0.29, 0.717) is 0 Å². The average molecular weight is 734 g/mol. The molecule has 0 aromatic heterocycles. The van der Waals surface area contributed by atoms with E-state index in [2.05, 4.69) is 22.6 Å². The lowest BCUT2D eigenvalue weighted by atomic mass is 10.2. The van der Waals surface area contributed by atoms with E-state index in [1.165, 1.54) is 7.11 Å². The summed E-state index contributed by atoms with van der Waals surface area (Å²) in [6, 6.07) is 0. The highest BCUT2D eigenvalue weighted by Gasteiger charge is 2.30. The van der Waals surface area contributed by atoms with Gasteiger partial charge in [0.2, 0.25) is 0 Å². The van der Waals surface area contributed by atoms with Gasteiger partial charge in [0.25, 0.3) is 0 Å². The van der Waals surface area contributed by atoms with Crippen LogP contribution in [0.25, 0.3) is 0 Å². The SMILES string of the molecule is COCCC(COCCC(COCCC(CCOP(=O)(O)OC)OP(=O)(O)OCO)OP(=O)(O)OCO)OP(=O)(O)OCO. The van der Waals surface area contributed by atoms with Crippen LogP contribution >= 0.6 is 31.3 Å². The highest BCUT2D eigenvalue weighted by atomic mass is 31.2. The summed E-state index contributed by atoms with van der Waals surface area (Å²) in [6.45, 7) is -4.82. The minimum Gasteiger partial charge on any atom is -0.385 e. The molecule has 7 unspecified atom stereocenters. The summed E-state index contributed by atoms with van der Waals surface area (Å²) in [5, 5.41) is 26.3. The smallest absolute Gasteiger partial charge is 0.385 e. The van der Waals surface area contributed by atoms with Crippen LogP contribution in [0.4, 0.5) is 0 Å². The van der Waals surface area contributed by atoms with Crippen LogP contribution < -0.4 is 0 Å². The fourth-order valence-corrected chi connectivity index (χ4v) is 5.65. The maximum absolute atomic E-state index is 12.0. The molecule has 0 aromatic carbocycles. The van der Waals surface area contributed by atoms with Crippen LogP contribution in [0.5, 0.6) is 0 Å². The highest BCUT2D eigenvalue weighted by Crippen LogP contribution is 2.47. The van der Waals surface area contributed by atoms with Crippen molar-refractivity contribution in [3.05, 3.63) is 0 Å². The zero-order valence-electron chi connectivity index (χ0n) is 24.0. The first kappa shape index (κ1) is 44.2. The number of methoxy groups -OCH3 is 1. The second-order valence-corrected chi connectivity index (χ2v) is 13.9. The van der Waals surface area contributed by atoms with E-state index in [-0.39, 0.29) is 52.1 Å². The molecular formula is C18H42O22P4. The normalized spacial score (nSPS) is 19.8. The molecule has 0 amide bonds. The van der Waals surface area contributed by atoms with Crippen LogP contribution in [-0.4, -0.2) is 127 Å². The van der Waals surface area contributed by atoms with Gasteiger partial charge in [0.15, 0.2) is 20.4 Å². The monoisotopic (exact) mass is 734 g/mol. The second kappa shape index (κ2) is 23.5. The third-order valence-electron chi connectivity index (χ3n) is 4.85. The molecular weight excluding hydrogens is 692 g/mol. The molecule has 0 radical (unpaired) electrons. The third kappa shape index (κ3) is 23.5. The van der Waals surface area contributed by atoms with Gasteiger partial charge in [0, 0.05) is 34.0 Å². The van der Waals surface area contributed by atoms with Gasteiger partial charge in [-0.1, -0.05) is 0 Å². The molecule has 0 spiro atoms. The Labute approximate surface area is 253 Å². The Morgan fingerprint density at radius 2 is 0.864 bits per heavy atom. The minimum atomic E-state index is -4.75. The van der Waals surface area contributed by atoms with E-state index < -0.39 is 83.2 Å². The van der Waals surface area contributed by atoms with Crippen molar-refractivity contribution in [2.24, 2.45) is 0 Å². The van der Waals surface area contributed by atoms with E-state index in [0.717, 1.165) is 7.11 Å². The fourth-order valence-electron chi connectivity index (χ4n) is 2.92. The topological polar surface area (TPSA) is 311 Å². The Hall–Kier alpha value is 0.200. The van der Waals surface area contributed by atoms with Crippen LogP contribution in [-0.2, 0) is 68.7 Å². The Bertz CT molecular complexity index is 939. The maximum atomic E-state index is 12.0. The number of aliphatic hydroxyl groups excluding tert-OH is 3. The van der Waals surface area contributed by atoms with Gasteiger partial charge in [-0.15, -0.1) is 0 Å². The highest BCUT2D eigenvalue weighted by molar-refractivity contribution is 7.48. The molecule has 0 aliphatic carbocycles. The van der Waals surface area contributed by atoms with Crippen LogP contribution in [0.2, 0.25) is 0 Å². The summed E-state index contributed by atoms with van der Waals surface area (Å²) >= 11 is 0. The summed E-state index contributed by atoms with van der Waals surface area (Å²) in [7, 11) is -16.1. The molecule has 44 heavy (non-hydrogen) atoms. The summed E-state index contributed by atoms with van der Waals surface area (Å²) < 4.78 is 99.4. The Kier molecular flexibility index (Phi) is 23.6. The van der Waals surface area contributed by atoms with E-state index in [1.54, 1.807) is 0 Å². The predicted octanol–water partition coefficient (Wildman–Crippen LogP) is 0.346. The summed E-state index contributed by atoms with van der Waals surface area (Å²) in [6.07, 6.45) is -3.84. The number of aliphatic hydroxyl groups is 3. The molecule has 266 valence electrons. The van der Waals surface area contributed by atoms with Crippen LogP contribution in [0.1, 0.15) is 25.7 Å². The van der Waals surface area contributed by atoms with Crippen molar-refractivity contribution < 1.29 is 104 Å². The Balaban J connectivity index is 5.18. The molecule has 0 fully saturated rings. The Morgan fingerprint density at radius 3 is 1.25 bits per heavy atom. The van der Waals surface area contributed by atoms with Crippen molar-refractivity contribution in [1.82, 2.24) is 0 Å². The first-order valence-electron chi connectivity index (χ1n) is 12.5. The first-order valence-corrected chi connectivity index (χ1v) is 18.5. The van der Waals surface area contributed by atoms with E-state index in [4.69, 9.17) is 43.1 Å². The van der Waals surface area contributed by atoms with Crippen molar-refractivity contribution in [2.75, 3.05) is 74.2 Å². The maximum Gasteiger partial charge on any atom is 0.474 e. The van der Waals surface area contributed by atoms with Gasteiger partial charge in [-0.25, -0.2) is 18.3 Å². The van der Waals surface area contributed by atoms with Crippen molar-refractivity contribution in [2.45, 2.75) is 44.0 Å². The Morgan fingerprint density at radius 1 is 0.500 bits per heavy atom. The molecule has 0 heterocycles. The van der Waals surface area contributed by atoms with Crippen LogP contribution in [0.3, 0.4) is 0 Å². The molecule has 0 saturated carbocycles. The lowest BCUT2D eigenvalue weighted by Gasteiger charge is -2.23. The largest absolute Gasteiger partial charge is 0.474 e. The molecule has 0 bridgehead atoms. The summed E-state index contributed by atoms with van der Waals surface area (Å²) in [4.78, 5) is 38.3. The molecule has 0 saturated heterocycles.